The summed E-state index contributed by atoms with van der Waals surface area (Å²) in [5, 5.41) is 10.8. The fourth-order valence-corrected chi connectivity index (χ4v) is 5.97. The molecule has 2 heterocycles. The number of hydrogen-bond acceptors (Lipinski definition) is 7. The molecule has 0 radical (unpaired) electrons. The molecule has 0 amide bonds. The first-order valence-electron chi connectivity index (χ1n) is 15.5. The topological polar surface area (TPSA) is 69.6 Å². The minimum absolute atomic E-state index is 0.0583. The van der Waals surface area contributed by atoms with Crippen molar-refractivity contribution < 1.29 is 28.8 Å². The standard InChI is InChI=1S/C37H41NO6/c39-24-32-36(43-26-30-12-6-2-7-13-30)37(44-27-31-14-8-3-9-15-31)35(42-25-29-10-4-1-5-11-29)23-38(32)19-18-28-16-17-33-34(22-28)41-21-20-40-33/h1-17,22,32,35-37,39H,18-21,23-27H2/t32-,35+,36-,37-/m1/s1. The highest BCUT2D eigenvalue weighted by molar-refractivity contribution is 5.43. The lowest BCUT2D eigenvalue weighted by molar-refractivity contribution is -0.207. The van der Waals surface area contributed by atoms with Gasteiger partial charge in [0.1, 0.15) is 25.4 Å². The first-order valence-corrected chi connectivity index (χ1v) is 15.5. The summed E-state index contributed by atoms with van der Waals surface area (Å²) in [5.41, 5.74) is 4.40. The third-order valence-electron chi connectivity index (χ3n) is 8.31. The Hall–Kier alpha value is -3.72. The smallest absolute Gasteiger partial charge is 0.161 e. The Labute approximate surface area is 259 Å². The monoisotopic (exact) mass is 595 g/mol. The van der Waals surface area contributed by atoms with E-state index in [4.69, 9.17) is 23.7 Å². The van der Waals surface area contributed by atoms with Gasteiger partial charge in [-0.05, 0) is 40.8 Å². The number of nitrogens with zero attached hydrogens (tertiary/aromatic N) is 1. The van der Waals surface area contributed by atoms with Crippen molar-refractivity contribution in [2.24, 2.45) is 0 Å². The Bertz CT molecular complexity index is 1420. The molecule has 0 aromatic heterocycles. The molecule has 1 saturated heterocycles. The van der Waals surface area contributed by atoms with Crippen molar-refractivity contribution in [3.8, 4) is 11.5 Å². The van der Waals surface area contributed by atoms with Gasteiger partial charge in [0.05, 0.1) is 38.6 Å². The van der Waals surface area contributed by atoms with Crippen LogP contribution in [0.4, 0.5) is 0 Å². The number of hydrogen-bond donors (Lipinski definition) is 1. The second-order valence-electron chi connectivity index (χ2n) is 11.3. The van der Waals surface area contributed by atoms with Gasteiger partial charge in [-0.25, -0.2) is 0 Å². The van der Waals surface area contributed by atoms with Gasteiger partial charge in [-0.1, -0.05) is 97.1 Å². The minimum atomic E-state index is -0.418. The first kappa shape index (κ1) is 30.3. The quantitative estimate of drug-likeness (QED) is 0.221. The van der Waals surface area contributed by atoms with Gasteiger partial charge in [0, 0.05) is 13.1 Å². The highest BCUT2D eigenvalue weighted by Gasteiger charge is 2.45. The molecule has 2 aliphatic heterocycles. The lowest BCUT2D eigenvalue weighted by Gasteiger charge is -2.48. The van der Waals surface area contributed by atoms with Crippen molar-refractivity contribution in [2.45, 2.75) is 50.6 Å². The van der Waals surface area contributed by atoms with Gasteiger partial charge in [0.2, 0.25) is 0 Å². The lowest BCUT2D eigenvalue weighted by atomic mass is 9.92. The maximum Gasteiger partial charge on any atom is 0.161 e. The van der Waals surface area contributed by atoms with Crippen LogP contribution in [0, 0.1) is 0 Å². The third kappa shape index (κ3) is 7.86. The van der Waals surface area contributed by atoms with E-state index in [-0.39, 0.29) is 24.9 Å². The van der Waals surface area contributed by atoms with Crippen molar-refractivity contribution in [2.75, 3.05) is 32.9 Å². The van der Waals surface area contributed by atoms with Crippen LogP contribution in [0.2, 0.25) is 0 Å². The molecule has 4 atom stereocenters. The molecule has 0 bridgehead atoms. The second kappa shape index (κ2) is 15.3. The van der Waals surface area contributed by atoms with E-state index in [0.29, 0.717) is 46.1 Å². The van der Waals surface area contributed by atoms with Crippen LogP contribution in [0.15, 0.2) is 109 Å². The maximum absolute atomic E-state index is 10.8. The molecule has 44 heavy (non-hydrogen) atoms. The molecule has 0 spiro atoms. The molecular weight excluding hydrogens is 554 g/mol. The summed E-state index contributed by atoms with van der Waals surface area (Å²) in [7, 11) is 0. The van der Waals surface area contributed by atoms with Crippen molar-refractivity contribution in [3.05, 3.63) is 131 Å². The van der Waals surface area contributed by atoms with E-state index in [9.17, 15) is 5.11 Å². The van der Waals surface area contributed by atoms with Crippen molar-refractivity contribution in [3.63, 3.8) is 0 Å². The van der Waals surface area contributed by atoms with E-state index < -0.39 is 6.10 Å². The Morgan fingerprint density at radius 1 is 0.614 bits per heavy atom. The van der Waals surface area contributed by atoms with Crippen LogP contribution >= 0.6 is 0 Å². The first-order chi connectivity index (χ1) is 21.8. The van der Waals surface area contributed by atoms with Gasteiger partial charge in [0.25, 0.3) is 0 Å². The van der Waals surface area contributed by atoms with Crippen LogP contribution in [0.5, 0.6) is 11.5 Å². The normalized spacial score (nSPS) is 21.7. The number of benzene rings is 4. The summed E-state index contributed by atoms with van der Waals surface area (Å²) < 4.78 is 31.5. The summed E-state index contributed by atoms with van der Waals surface area (Å²) in [6, 6.07) is 36.3. The van der Waals surface area contributed by atoms with Gasteiger partial charge in [-0.2, -0.15) is 0 Å². The predicted molar refractivity (Wildman–Crippen MR) is 169 cm³/mol. The van der Waals surface area contributed by atoms with Crippen molar-refractivity contribution in [1.82, 2.24) is 4.90 Å². The molecule has 7 heteroatoms. The zero-order valence-corrected chi connectivity index (χ0v) is 25.0. The number of ether oxygens (including phenoxy) is 5. The number of likely N-dealkylation sites (tertiary alicyclic amines) is 1. The summed E-state index contributed by atoms with van der Waals surface area (Å²) in [6.07, 6.45) is -0.300. The second-order valence-corrected chi connectivity index (χ2v) is 11.3. The van der Waals surface area contributed by atoms with E-state index in [2.05, 4.69) is 53.4 Å². The minimum Gasteiger partial charge on any atom is -0.486 e. The van der Waals surface area contributed by atoms with Crippen LogP contribution in [0.3, 0.4) is 0 Å². The molecule has 0 unspecified atom stereocenters. The average molecular weight is 596 g/mol. The molecule has 2 aliphatic rings. The van der Waals surface area contributed by atoms with Crippen LogP contribution in [-0.2, 0) is 40.5 Å². The molecule has 6 rings (SSSR count). The Balaban J connectivity index is 1.25. The largest absolute Gasteiger partial charge is 0.486 e. The summed E-state index contributed by atoms with van der Waals surface area (Å²) >= 11 is 0. The zero-order chi connectivity index (χ0) is 30.0. The van der Waals surface area contributed by atoms with E-state index >= 15 is 0 Å². The fourth-order valence-electron chi connectivity index (χ4n) is 5.97. The summed E-state index contributed by atoms with van der Waals surface area (Å²) in [4.78, 5) is 2.30. The van der Waals surface area contributed by atoms with Crippen LogP contribution in [-0.4, -0.2) is 67.3 Å². The van der Waals surface area contributed by atoms with Gasteiger partial charge in [-0.3, -0.25) is 4.90 Å². The number of aliphatic hydroxyl groups excluding tert-OH is 1. The van der Waals surface area contributed by atoms with Gasteiger partial charge >= 0.3 is 0 Å². The van der Waals surface area contributed by atoms with Crippen molar-refractivity contribution >= 4 is 0 Å². The molecule has 1 fully saturated rings. The molecule has 4 aromatic rings. The van der Waals surface area contributed by atoms with Crippen LogP contribution in [0.25, 0.3) is 0 Å². The highest BCUT2D eigenvalue weighted by Crippen LogP contribution is 2.32. The lowest BCUT2D eigenvalue weighted by Crippen LogP contribution is -2.64. The summed E-state index contributed by atoms with van der Waals surface area (Å²) in [6.45, 7) is 3.69. The number of piperidine rings is 1. The van der Waals surface area contributed by atoms with E-state index in [1.54, 1.807) is 0 Å². The number of rotatable bonds is 13. The maximum atomic E-state index is 10.8. The Kier molecular flexibility index (Phi) is 10.6. The zero-order valence-electron chi connectivity index (χ0n) is 25.0. The molecule has 7 nitrogen and oxygen atoms in total. The molecule has 0 saturated carbocycles. The van der Waals surface area contributed by atoms with Gasteiger partial charge < -0.3 is 28.8 Å². The van der Waals surface area contributed by atoms with E-state index in [1.165, 1.54) is 0 Å². The van der Waals surface area contributed by atoms with Gasteiger partial charge in [-0.15, -0.1) is 0 Å². The number of aliphatic hydroxyl groups is 1. The molecule has 4 aromatic carbocycles. The Morgan fingerprint density at radius 2 is 1.16 bits per heavy atom. The highest BCUT2D eigenvalue weighted by atomic mass is 16.6. The molecule has 230 valence electrons. The SMILES string of the molecule is OC[C@@H]1[C@@H](OCc2ccccc2)[C@H](OCc2ccccc2)[C@@H](OCc2ccccc2)CN1CCc1ccc2c(c1)OCCO2. The van der Waals surface area contributed by atoms with Gasteiger partial charge in [0.15, 0.2) is 11.5 Å². The third-order valence-corrected chi connectivity index (χ3v) is 8.31. The fraction of sp³-hybridized carbons (Fsp3) is 0.351. The average Bonchev–Trinajstić information content (AvgIpc) is 3.09. The Morgan fingerprint density at radius 3 is 1.75 bits per heavy atom. The molecule has 0 aliphatic carbocycles. The van der Waals surface area contributed by atoms with Crippen molar-refractivity contribution in [1.29, 1.82) is 0 Å². The van der Waals surface area contributed by atoms with E-state index in [0.717, 1.165) is 40.2 Å². The molecular formula is C37H41NO6. The number of fused-ring (bicyclic) bond motifs is 1. The van der Waals surface area contributed by atoms with Crippen LogP contribution < -0.4 is 9.47 Å². The van der Waals surface area contributed by atoms with Crippen LogP contribution in [0.1, 0.15) is 22.3 Å². The summed E-state index contributed by atoms with van der Waals surface area (Å²) in [5.74, 6) is 1.57. The van der Waals surface area contributed by atoms with E-state index in [1.807, 2.05) is 60.7 Å². The predicted octanol–water partition coefficient (Wildman–Crippen LogP) is 5.43. The molecule has 1 N–H and O–H groups in total.